The number of hydrogen-bond donors (Lipinski definition) is 2. The van der Waals surface area contributed by atoms with Crippen LogP contribution in [0.4, 0.5) is 0 Å². The second-order valence-electron chi connectivity index (χ2n) is 7.76. The Bertz CT molecular complexity index is 748. The van der Waals surface area contributed by atoms with Crippen molar-refractivity contribution in [3.8, 4) is 5.75 Å². The molecule has 1 unspecified atom stereocenters. The van der Waals surface area contributed by atoms with Gasteiger partial charge >= 0.3 is 0 Å². The quantitative estimate of drug-likeness (QED) is 0.303. The van der Waals surface area contributed by atoms with Crippen molar-refractivity contribution in [2.75, 3.05) is 38.8 Å². The first-order valence-corrected chi connectivity index (χ1v) is 12.1. The SMILES string of the molecule is CN=C(NCCOCCS(C)(=O)=O)NCc1ccc(C)cc1OC(C)CC(C)C. The molecule has 1 atom stereocenters. The Morgan fingerprint density at radius 1 is 1.17 bits per heavy atom. The number of benzene rings is 1. The minimum absolute atomic E-state index is 0.0331. The van der Waals surface area contributed by atoms with Crippen molar-refractivity contribution >= 4 is 15.8 Å². The Labute approximate surface area is 176 Å². The zero-order chi connectivity index (χ0) is 21.9. The molecule has 0 fully saturated rings. The molecule has 0 aliphatic heterocycles. The third kappa shape index (κ3) is 11.7. The van der Waals surface area contributed by atoms with Gasteiger partial charge in [0.25, 0.3) is 0 Å². The highest BCUT2D eigenvalue weighted by Gasteiger charge is 2.11. The first-order chi connectivity index (χ1) is 13.6. The van der Waals surface area contributed by atoms with Gasteiger partial charge in [-0.3, -0.25) is 4.99 Å². The standard InChI is InChI=1S/C21H37N3O4S/c1-16(2)13-18(4)28-20-14-17(3)7-8-19(20)15-24-21(22-5)23-9-10-27-11-12-29(6,25)26/h7-8,14,16,18H,9-13,15H2,1-6H3,(H2,22,23,24). The van der Waals surface area contributed by atoms with Crippen LogP contribution in [0.3, 0.4) is 0 Å². The molecule has 1 aromatic carbocycles. The number of aryl methyl sites for hydroxylation is 1. The summed E-state index contributed by atoms with van der Waals surface area (Å²) in [6.07, 6.45) is 2.35. The number of nitrogens with one attached hydrogen (secondary N) is 2. The smallest absolute Gasteiger partial charge is 0.191 e. The molecule has 29 heavy (non-hydrogen) atoms. The van der Waals surface area contributed by atoms with Gasteiger partial charge in [-0.2, -0.15) is 0 Å². The topological polar surface area (TPSA) is 89.0 Å². The zero-order valence-corrected chi connectivity index (χ0v) is 19.4. The Hall–Kier alpha value is -1.80. The molecular weight excluding hydrogens is 390 g/mol. The number of ether oxygens (including phenoxy) is 2. The molecular formula is C21H37N3O4S. The largest absolute Gasteiger partial charge is 0.490 e. The summed E-state index contributed by atoms with van der Waals surface area (Å²) in [6.45, 7) is 10.3. The highest BCUT2D eigenvalue weighted by Crippen LogP contribution is 2.23. The van der Waals surface area contributed by atoms with Gasteiger partial charge in [0.1, 0.15) is 15.6 Å². The van der Waals surface area contributed by atoms with E-state index in [-0.39, 0.29) is 18.5 Å². The maximum Gasteiger partial charge on any atom is 0.191 e. The molecule has 1 rings (SSSR count). The summed E-state index contributed by atoms with van der Waals surface area (Å²) in [6, 6.07) is 6.21. The van der Waals surface area contributed by atoms with Crippen molar-refractivity contribution < 1.29 is 17.9 Å². The van der Waals surface area contributed by atoms with E-state index < -0.39 is 9.84 Å². The van der Waals surface area contributed by atoms with E-state index in [2.05, 4.69) is 61.5 Å². The van der Waals surface area contributed by atoms with Gasteiger partial charge in [0.2, 0.25) is 0 Å². The summed E-state index contributed by atoms with van der Waals surface area (Å²) in [5.41, 5.74) is 2.23. The highest BCUT2D eigenvalue weighted by molar-refractivity contribution is 7.90. The van der Waals surface area contributed by atoms with Crippen molar-refractivity contribution in [2.24, 2.45) is 10.9 Å². The average Bonchev–Trinajstić information content (AvgIpc) is 2.60. The van der Waals surface area contributed by atoms with Crippen LogP contribution < -0.4 is 15.4 Å². The molecule has 0 aliphatic carbocycles. The third-order valence-electron chi connectivity index (χ3n) is 4.16. The number of sulfone groups is 1. The van der Waals surface area contributed by atoms with Crippen molar-refractivity contribution in [1.82, 2.24) is 10.6 Å². The van der Waals surface area contributed by atoms with Gasteiger partial charge < -0.3 is 20.1 Å². The fourth-order valence-electron chi connectivity index (χ4n) is 2.80. The van der Waals surface area contributed by atoms with Gasteiger partial charge in [-0.25, -0.2) is 8.42 Å². The molecule has 8 heteroatoms. The monoisotopic (exact) mass is 427 g/mol. The fraction of sp³-hybridized carbons (Fsp3) is 0.667. The van der Waals surface area contributed by atoms with E-state index in [9.17, 15) is 8.42 Å². The molecule has 166 valence electrons. The van der Waals surface area contributed by atoms with E-state index in [0.29, 0.717) is 31.6 Å². The van der Waals surface area contributed by atoms with Gasteiger partial charge in [0, 0.05) is 32.0 Å². The molecule has 7 nitrogen and oxygen atoms in total. The molecule has 0 radical (unpaired) electrons. The van der Waals surface area contributed by atoms with Crippen molar-refractivity contribution in [2.45, 2.75) is 46.8 Å². The molecule has 0 heterocycles. The van der Waals surface area contributed by atoms with Crippen LogP contribution in [-0.4, -0.2) is 59.3 Å². The van der Waals surface area contributed by atoms with Crippen molar-refractivity contribution in [3.63, 3.8) is 0 Å². The van der Waals surface area contributed by atoms with E-state index in [1.165, 1.54) is 6.26 Å². The maximum absolute atomic E-state index is 11.1. The second kappa shape index (κ2) is 12.7. The Balaban J connectivity index is 2.51. The molecule has 0 bridgehead atoms. The van der Waals surface area contributed by atoms with Crippen LogP contribution in [0.15, 0.2) is 23.2 Å². The predicted octanol–water partition coefficient (Wildman–Crippen LogP) is 2.53. The number of guanidine groups is 1. The highest BCUT2D eigenvalue weighted by atomic mass is 32.2. The van der Waals surface area contributed by atoms with Crippen LogP contribution >= 0.6 is 0 Å². The summed E-state index contributed by atoms with van der Waals surface area (Å²) < 4.78 is 33.7. The Morgan fingerprint density at radius 3 is 2.52 bits per heavy atom. The van der Waals surface area contributed by atoms with E-state index in [1.807, 2.05) is 0 Å². The third-order valence-corrected chi connectivity index (χ3v) is 5.07. The Kier molecular flexibility index (Phi) is 11.0. The van der Waals surface area contributed by atoms with Crippen LogP contribution in [0, 0.1) is 12.8 Å². The summed E-state index contributed by atoms with van der Waals surface area (Å²) in [4.78, 5) is 4.21. The summed E-state index contributed by atoms with van der Waals surface area (Å²) in [7, 11) is -1.28. The predicted molar refractivity (Wildman–Crippen MR) is 119 cm³/mol. The lowest BCUT2D eigenvalue weighted by Crippen LogP contribution is -2.38. The van der Waals surface area contributed by atoms with Gasteiger partial charge in [0.15, 0.2) is 5.96 Å². The van der Waals surface area contributed by atoms with E-state index in [4.69, 9.17) is 9.47 Å². The number of rotatable bonds is 12. The molecule has 0 saturated carbocycles. The first kappa shape index (κ1) is 25.2. The molecule has 1 aromatic rings. The molecule has 0 aromatic heterocycles. The molecule has 2 N–H and O–H groups in total. The van der Waals surface area contributed by atoms with Crippen LogP contribution in [0.2, 0.25) is 0 Å². The lowest BCUT2D eigenvalue weighted by molar-refractivity contribution is 0.154. The molecule has 0 saturated heterocycles. The zero-order valence-electron chi connectivity index (χ0n) is 18.6. The van der Waals surface area contributed by atoms with Gasteiger partial charge in [-0.05, 0) is 37.8 Å². The van der Waals surface area contributed by atoms with Crippen LogP contribution in [0.25, 0.3) is 0 Å². The van der Waals surface area contributed by atoms with Gasteiger partial charge in [-0.15, -0.1) is 0 Å². The van der Waals surface area contributed by atoms with Crippen LogP contribution in [-0.2, 0) is 21.1 Å². The van der Waals surface area contributed by atoms with E-state index >= 15 is 0 Å². The van der Waals surface area contributed by atoms with Crippen molar-refractivity contribution in [3.05, 3.63) is 29.3 Å². The van der Waals surface area contributed by atoms with Crippen molar-refractivity contribution in [1.29, 1.82) is 0 Å². The van der Waals surface area contributed by atoms with Crippen LogP contribution in [0.1, 0.15) is 38.3 Å². The van der Waals surface area contributed by atoms with E-state index in [1.54, 1.807) is 7.05 Å². The lowest BCUT2D eigenvalue weighted by Gasteiger charge is -2.20. The number of hydrogen-bond acceptors (Lipinski definition) is 5. The normalized spacial score (nSPS) is 13.4. The van der Waals surface area contributed by atoms with Crippen LogP contribution in [0.5, 0.6) is 5.75 Å². The summed E-state index contributed by atoms with van der Waals surface area (Å²) in [5, 5.41) is 6.44. The molecule has 0 aliphatic rings. The summed E-state index contributed by atoms with van der Waals surface area (Å²) in [5.74, 6) is 2.16. The second-order valence-corrected chi connectivity index (χ2v) is 10.0. The number of aliphatic imine (C=N–C) groups is 1. The minimum Gasteiger partial charge on any atom is -0.490 e. The summed E-state index contributed by atoms with van der Waals surface area (Å²) >= 11 is 0. The fourth-order valence-corrected chi connectivity index (χ4v) is 3.22. The minimum atomic E-state index is -2.99. The van der Waals surface area contributed by atoms with Gasteiger partial charge in [0.05, 0.1) is 25.1 Å². The maximum atomic E-state index is 11.1. The lowest BCUT2D eigenvalue weighted by atomic mass is 10.1. The number of nitrogens with zero attached hydrogens (tertiary/aromatic N) is 1. The Morgan fingerprint density at radius 2 is 1.90 bits per heavy atom. The molecule has 0 amide bonds. The van der Waals surface area contributed by atoms with Gasteiger partial charge in [-0.1, -0.05) is 26.0 Å². The molecule has 0 spiro atoms. The van der Waals surface area contributed by atoms with E-state index in [0.717, 1.165) is 23.3 Å². The first-order valence-electron chi connectivity index (χ1n) is 10.1. The average molecular weight is 428 g/mol.